The van der Waals surface area contributed by atoms with E-state index in [1.54, 1.807) is 11.3 Å². The largest absolute Gasteiger partial charge is 0.390 e. The van der Waals surface area contributed by atoms with Gasteiger partial charge in [0.25, 0.3) is 0 Å². The van der Waals surface area contributed by atoms with Crippen LogP contribution in [0.3, 0.4) is 0 Å². The number of aryl methyl sites for hydroxylation is 1. The van der Waals surface area contributed by atoms with E-state index >= 15 is 0 Å². The predicted octanol–water partition coefficient (Wildman–Crippen LogP) is 3.78. The molecular formula is C15H24O2S. The first kappa shape index (κ1) is 14.0. The minimum atomic E-state index is -0.320. The lowest BCUT2D eigenvalue weighted by Crippen LogP contribution is -2.46. The lowest BCUT2D eigenvalue weighted by atomic mass is 9.79. The van der Waals surface area contributed by atoms with Crippen molar-refractivity contribution in [1.29, 1.82) is 0 Å². The SMILES string of the molecule is CCOC1(C(O)CCc2cccs2)CCCCC1. The van der Waals surface area contributed by atoms with E-state index < -0.39 is 0 Å². The molecule has 1 saturated carbocycles. The molecule has 1 aliphatic rings. The number of aliphatic hydroxyl groups is 1. The van der Waals surface area contributed by atoms with Gasteiger partial charge in [0.1, 0.15) is 0 Å². The van der Waals surface area contributed by atoms with Gasteiger partial charge in [-0.25, -0.2) is 0 Å². The standard InChI is InChI=1S/C15H24O2S/c1-2-17-15(10-4-3-5-11-15)14(16)9-8-13-7-6-12-18-13/h6-7,12,14,16H,2-5,8-11H2,1H3. The Hall–Kier alpha value is -0.380. The number of ether oxygens (including phenoxy) is 1. The van der Waals surface area contributed by atoms with Crippen LogP contribution in [0.1, 0.15) is 50.3 Å². The van der Waals surface area contributed by atoms with Crippen molar-refractivity contribution < 1.29 is 9.84 Å². The summed E-state index contributed by atoms with van der Waals surface area (Å²) in [4.78, 5) is 1.36. The normalized spacial score (nSPS) is 20.8. The molecule has 1 aliphatic carbocycles. The van der Waals surface area contributed by atoms with Gasteiger partial charge >= 0.3 is 0 Å². The molecule has 0 radical (unpaired) electrons. The van der Waals surface area contributed by atoms with E-state index in [0.717, 1.165) is 25.7 Å². The Bertz CT molecular complexity index is 323. The van der Waals surface area contributed by atoms with E-state index in [-0.39, 0.29) is 11.7 Å². The van der Waals surface area contributed by atoms with E-state index in [2.05, 4.69) is 17.5 Å². The average molecular weight is 268 g/mol. The van der Waals surface area contributed by atoms with E-state index in [1.165, 1.54) is 24.1 Å². The smallest absolute Gasteiger partial charge is 0.0940 e. The number of aliphatic hydroxyl groups excluding tert-OH is 1. The van der Waals surface area contributed by atoms with Crippen molar-refractivity contribution in [2.45, 2.75) is 63.6 Å². The maximum atomic E-state index is 10.5. The summed E-state index contributed by atoms with van der Waals surface area (Å²) in [6.07, 6.45) is 7.17. The predicted molar refractivity (Wildman–Crippen MR) is 76.1 cm³/mol. The first-order chi connectivity index (χ1) is 8.77. The molecule has 1 N–H and O–H groups in total. The molecule has 0 spiro atoms. The maximum Gasteiger partial charge on any atom is 0.0940 e. The molecule has 3 heteroatoms. The highest BCUT2D eigenvalue weighted by atomic mass is 32.1. The van der Waals surface area contributed by atoms with Crippen molar-refractivity contribution >= 4 is 11.3 Å². The van der Waals surface area contributed by atoms with Crippen LogP contribution >= 0.6 is 11.3 Å². The highest BCUT2D eigenvalue weighted by Gasteiger charge is 2.39. The zero-order valence-corrected chi connectivity index (χ0v) is 12.0. The van der Waals surface area contributed by atoms with Gasteiger partial charge < -0.3 is 9.84 Å². The van der Waals surface area contributed by atoms with Gasteiger partial charge in [0, 0.05) is 11.5 Å². The first-order valence-corrected chi connectivity index (χ1v) is 7.99. The molecular weight excluding hydrogens is 244 g/mol. The summed E-state index contributed by atoms with van der Waals surface area (Å²) in [6, 6.07) is 4.22. The minimum Gasteiger partial charge on any atom is -0.390 e. The number of rotatable bonds is 6. The third kappa shape index (κ3) is 3.34. The summed E-state index contributed by atoms with van der Waals surface area (Å²) < 4.78 is 5.96. The molecule has 0 saturated heterocycles. The van der Waals surface area contributed by atoms with Crippen LogP contribution in [0.25, 0.3) is 0 Å². The molecule has 1 aromatic heterocycles. The van der Waals surface area contributed by atoms with Crippen LogP contribution in [0.2, 0.25) is 0 Å². The van der Waals surface area contributed by atoms with E-state index in [0.29, 0.717) is 6.61 Å². The Labute approximate surface area is 114 Å². The molecule has 0 aromatic carbocycles. The monoisotopic (exact) mass is 268 g/mol. The van der Waals surface area contributed by atoms with Crippen molar-refractivity contribution in [3.05, 3.63) is 22.4 Å². The lowest BCUT2D eigenvalue weighted by molar-refractivity contribution is -0.141. The summed E-state index contributed by atoms with van der Waals surface area (Å²) in [5.41, 5.74) is -0.260. The van der Waals surface area contributed by atoms with Gasteiger partial charge in [-0.2, -0.15) is 0 Å². The number of thiophene rings is 1. The Morgan fingerprint density at radius 3 is 2.78 bits per heavy atom. The Kier molecular flexibility index (Phi) is 5.22. The summed E-state index contributed by atoms with van der Waals surface area (Å²) >= 11 is 1.77. The van der Waals surface area contributed by atoms with Crippen LogP contribution < -0.4 is 0 Å². The molecule has 2 nitrogen and oxygen atoms in total. The van der Waals surface area contributed by atoms with E-state index in [4.69, 9.17) is 4.74 Å². The molecule has 1 aromatic rings. The van der Waals surface area contributed by atoms with Gasteiger partial charge in [0.2, 0.25) is 0 Å². The number of hydrogen-bond acceptors (Lipinski definition) is 3. The molecule has 18 heavy (non-hydrogen) atoms. The average Bonchev–Trinajstić information content (AvgIpc) is 2.90. The fourth-order valence-corrected chi connectivity index (χ4v) is 3.73. The van der Waals surface area contributed by atoms with E-state index in [1.807, 2.05) is 6.92 Å². The molecule has 0 amide bonds. The van der Waals surface area contributed by atoms with Crippen LogP contribution in [0.5, 0.6) is 0 Å². The minimum absolute atomic E-state index is 0.260. The van der Waals surface area contributed by atoms with Crippen LogP contribution in [0.15, 0.2) is 17.5 Å². The quantitative estimate of drug-likeness (QED) is 0.850. The van der Waals surface area contributed by atoms with Crippen LogP contribution in [0.4, 0.5) is 0 Å². The molecule has 2 rings (SSSR count). The summed E-state index contributed by atoms with van der Waals surface area (Å²) in [6.45, 7) is 2.73. The van der Waals surface area contributed by atoms with E-state index in [9.17, 15) is 5.11 Å². The highest BCUT2D eigenvalue weighted by molar-refractivity contribution is 7.09. The Morgan fingerprint density at radius 1 is 1.39 bits per heavy atom. The van der Waals surface area contributed by atoms with Crippen molar-refractivity contribution in [3.8, 4) is 0 Å². The van der Waals surface area contributed by atoms with Gasteiger partial charge in [0.05, 0.1) is 11.7 Å². The molecule has 1 atom stereocenters. The van der Waals surface area contributed by atoms with Crippen molar-refractivity contribution in [3.63, 3.8) is 0 Å². The van der Waals surface area contributed by atoms with Crippen LogP contribution in [-0.2, 0) is 11.2 Å². The van der Waals surface area contributed by atoms with Gasteiger partial charge in [-0.1, -0.05) is 25.3 Å². The third-order valence-electron chi connectivity index (χ3n) is 3.98. The Morgan fingerprint density at radius 2 is 2.17 bits per heavy atom. The fraction of sp³-hybridized carbons (Fsp3) is 0.733. The summed E-state index contributed by atoms with van der Waals surface area (Å²) in [7, 11) is 0. The summed E-state index contributed by atoms with van der Waals surface area (Å²) in [5, 5.41) is 12.6. The summed E-state index contributed by atoms with van der Waals surface area (Å²) in [5.74, 6) is 0. The van der Waals surface area contributed by atoms with Gasteiger partial charge in [-0.05, 0) is 44.1 Å². The van der Waals surface area contributed by atoms with Gasteiger partial charge in [-0.3, -0.25) is 0 Å². The van der Waals surface area contributed by atoms with Gasteiger partial charge in [0.15, 0.2) is 0 Å². The molecule has 1 heterocycles. The molecule has 0 aliphatic heterocycles. The van der Waals surface area contributed by atoms with Crippen LogP contribution in [-0.4, -0.2) is 23.4 Å². The second kappa shape index (κ2) is 6.69. The third-order valence-corrected chi connectivity index (χ3v) is 4.92. The number of hydrogen-bond donors (Lipinski definition) is 1. The molecule has 0 bridgehead atoms. The topological polar surface area (TPSA) is 29.5 Å². The lowest BCUT2D eigenvalue weighted by Gasteiger charge is -2.41. The van der Waals surface area contributed by atoms with Gasteiger partial charge in [-0.15, -0.1) is 11.3 Å². The van der Waals surface area contributed by atoms with Crippen molar-refractivity contribution in [2.75, 3.05) is 6.61 Å². The van der Waals surface area contributed by atoms with Crippen LogP contribution in [0, 0.1) is 0 Å². The molecule has 1 unspecified atom stereocenters. The maximum absolute atomic E-state index is 10.5. The first-order valence-electron chi connectivity index (χ1n) is 7.11. The second-order valence-corrected chi connectivity index (χ2v) is 6.22. The van der Waals surface area contributed by atoms with Crippen molar-refractivity contribution in [2.24, 2.45) is 0 Å². The zero-order chi connectivity index (χ0) is 12.8. The van der Waals surface area contributed by atoms with Crippen molar-refractivity contribution in [1.82, 2.24) is 0 Å². The molecule has 1 fully saturated rings. The second-order valence-electron chi connectivity index (χ2n) is 5.19. The molecule has 102 valence electrons. The highest BCUT2D eigenvalue weighted by Crippen LogP contribution is 2.36. The zero-order valence-electron chi connectivity index (χ0n) is 11.2. The fourth-order valence-electron chi connectivity index (χ4n) is 3.01. The Balaban J connectivity index is 1.92.